The first kappa shape index (κ1) is 15.8. The van der Waals surface area contributed by atoms with E-state index in [2.05, 4.69) is 27.4 Å². The van der Waals surface area contributed by atoms with Gasteiger partial charge in [-0.15, -0.1) is 0 Å². The third-order valence-electron chi connectivity index (χ3n) is 3.71. The summed E-state index contributed by atoms with van der Waals surface area (Å²) >= 11 is 0. The predicted octanol–water partition coefficient (Wildman–Crippen LogP) is 3.70. The summed E-state index contributed by atoms with van der Waals surface area (Å²) in [6.45, 7) is 0. The summed E-state index contributed by atoms with van der Waals surface area (Å²) in [5.41, 5.74) is 2.13. The quantitative estimate of drug-likeness (QED) is 0.750. The molecule has 1 N–H and O–H groups in total. The highest BCUT2D eigenvalue weighted by Crippen LogP contribution is 2.30. The number of ether oxygens (including phenoxy) is 2. The average molecular weight is 321 g/mol. The lowest BCUT2D eigenvalue weighted by Gasteiger charge is -2.21. The molecule has 2 aromatic carbocycles. The molecule has 1 aromatic heterocycles. The fraction of sp³-hybridized carbons (Fsp3) is 0.158. The van der Waals surface area contributed by atoms with Gasteiger partial charge in [0.15, 0.2) is 0 Å². The molecule has 0 unspecified atom stereocenters. The number of methoxy groups -OCH3 is 2. The molecule has 0 radical (unpaired) electrons. The Morgan fingerprint density at radius 2 is 1.50 bits per heavy atom. The Morgan fingerprint density at radius 3 is 2.00 bits per heavy atom. The SMILES string of the molecule is COc1cccc(C(Nc2cnccn2)c2cccc(OC)c2)c1. The first-order chi connectivity index (χ1) is 11.8. The smallest absolute Gasteiger partial charge is 0.145 e. The van der Waals surface area contributed by atoms with Gasteiger partial charge in [-0.1, -0.05) is 24.3 Å². The van der Waals surface area contributed by atoms with Crippen LogP contribution in [-0.2, 0) is 0 Å². The number of benzene rings is 2. The molecule has 0 bridgehead atoms. The number of rotatable bonds is 6. The van der Waals surface area contributed by atoms with Crippen LogP contribution in [0, 0.1) is 0 Å². The molecule has 0 saturated carbocycles. The second kappa shape index (κ2) is 7.46. The summed E-state index contributed by atoms with van der Waals surface area (Å²) in [6, 6.07) is 15.8. The van der Waals surface area contributed by atoms with Crippen molar-refractivity contribution in [3.05, 3.63) is 78.2 Å². The third-order valence-corrected chi connectivity index (χ3v) is 3.71. The van der Waals surface area contributed by atoms with Crippen molar-refractivity contribution in [3.63, 3.8) is 0 Å². The largest absolute Gasteiger partial charge is 0.497 e. The number of nitrogens with one attached hydrogen (secondary N) is 1. The topological polar surface area (TPSA) is 56.3 Å². The van der Waals surface area contributed by atoms with E-state index < -0.39 is 0 Å². The Morgan fingerprint density at radius 1 is 0.875 bits per heavy atom. The van der Waals surface area contributed by atoms with Crippen molar-refractivity contribution in [2.75, 3.05) is 19.5 Å². The van der Waals surface area contributed by atoms with Crippen LogP contribution in [0.3, 0.4) is 0 Å². The zero-order valence-electron chi connectivity index (χ0n) is 13.6. The number of anilines is 1. The second-order valence-corrected chi connectivity index (χ2v) is 5.22. The van der Waals surface area contributed by atoms with Gasteiger partial charge >= 0.3 is 0 Å². The van der Waals surface area contributed by atoms with Crippen LogP contribution >= 0.6 is 0 Å². The van der Waals surface area contributed by atoms with Crippen molar-refractivity contribution in [1.82, 2.24) is 9.97 Å². The lowest BCUT2D eigenvalue weighted by atomic mass is 9.98. The maximum absolute atomic E-state index is 5.36. The number of hydrogen-bond donors (Lipinski definition) is 1. The number of nitrogens with zero attached hydrogens (tertiary/aromatic N) is 2. The van der Waals surface area contributed by atoms with Crippen LogP contribution in [0.4, 0.5) is 5.82 Å². The van der Waals surface area contributed by atoms with Gasteiger partial charge in [0.2, 0.25) is 0 Å². The molecule has 122 valence electrons. The van der Waals surface area contributed by atoms with Crippen LogP contribution in [0.25, 0.3) is 0 Å². The van der Waals surface area contributed by atoms with Crippen molar-refractivity contribution in [1.29, 1.82) is 0 Å². The minimum absolute atomic E-state index is 0.105. The van der Waals surface area contributed by atoms with Crippen molar-refractivity contribution in [2.24, 2.45) is 0 Å². The van der Waals surface area contributed by atoms with Gasteiger partial charge in [0, 0.05) is 12.4 Å². The van der Waals surface area contributed by atoms with Gasteiger partial charge in [-0.25, -0.2) is 4.98 Å². The summed E-state index contributed by atoms with van der Waals surface area (Å²) in [4.78, 5) is 8.44. The molecular weight excluding hydrogens is 302 g/mol. The highest BCUT2D eigenvalue weighted by molar-refractivity contribution is 5.46. The van der Waals surface area contributed by atoms with Gasteiger partial charge < -0.3 is 14.8 Å². The maximum Gasteiger partial charge on any atom is 0.145 e. The summed E-state index contributed by atoms with van der Waals surface area (Å²) in [5, 5.41) is 3.43. The van der Waals surface area contributed by atoms with Gasteiger partial charge in [0.05, 0.1) is 26.5 Å². The molecule has 0 aliphatic rings. The minimum atomic E-state index is -0.105. The summed E-state index contributed by atoms with van der Waals surface area (Å²) < 4.78 is 10.7. The molecule has 0 aliphatic heterocycles. The second-order valence-electron chi connectivity index (χ2n) is 5.22. The van der Waals surface area contributed by atoms with Gasteiger partial charge in [0.25, 0.3) is 0 Å². The number of aromatic nitrogens is 2. The molecule has 0 fully saturated rings. The van der Waals surface area contributed by atoms with Crippen molar-refractivity contribution in [3.8, 4) is 11.5 Å². The van der Waals surface area contributed by atoms with Gasteiger partial charge in [0.1, 0.15) is 17.3 Å². The molecule has 0 amide bonds. The van der Waals surface area contributed by atoms with Gasteiger partial charge in [-0.05, 0) is 35.4 Å². The first-order valence-electron chi connectivity index (χ1n) is 7.60. The van der Waals surface area contributed by atoms with E-state index in [9.17, 15) is 0 Å². The van der Waals surface area contributed by atoms with E-state index in [0.717, 1.165) is 22.6 Å². The molecule has 24 heavy (non-hydrogen) atoms. The van der Waals surface area contributed by atoms with Gasteiger partial charge in [-0.2, -0.15) is 0 Å². The molecule has 0 saturated heterocycles. The van der Waals surface area contributed by atoms with E-state index in [1.54, 1.807) is 32.8 Å². The van der Waals surface area contributed by atoms with Crippen LogP contribution in [0.15, 0.2) is 67.1 Å². The third kappa shape index (κ3) is 3.63. The number of hydrogen-bond acceptors (Lipinski definition) is 5. The lowest BCUT2D eigenvalue weighted by Crippen LogP contribution is -2.13. The highest BCUT2D eigenvalue weighted by atomic mass is 16.5. The van der Waals surface area contributed by atoms with E-state index in [-0.39, 0.29) is 6.04 Å². The van der Waals surface area contributed by atoms with Crippen LogP contribution in [-0.4, -0.2) is 24.2 Å². The van der Waals surface area contributed by atoms with E-state index in [4.69, 9.17) is 9.47 Å². The molecular formula is C19H19N3O2. The first-order valence-corrected chi connectivity index (χ1v) is 7.60. The monoisotopic (exact) mass is 321 g/mol. The lowest BCUT2D eigenvalue weighted by molar-refractivity contribution is 0.413. The fourth-order valence-electron chi connectivity index (χ4n) is 2.52. The molecule has 5 heteroatoms. The molecule has 0 aliphatic carbocycles. The summed E-state index contributed by atoms with van der Waals surface area (Å²) in [7, 11) is 3.32. The summed E-state index contributed by atoms with van der Waals surface area (Å²) in [6.07, 6.45) is 5.02. The Bertz CT molecular complexity index is 746. The van der Waals surface area contributed by atoms with Crippen molar-refractivity contribution >= 4 is 5.82 Å². The van der Waals surface area contributed by atoms with E-state index in [1.807, 2.05) is 36.4 Å². The van der Waals surface area contributed by atoms with Crippen LogP contribution in [0.2, 0.25) is 0 Å². The molecule has 5 nitrogen and oxygen atoms in total. The zero-order chi connectivity index (χ0) is 16.8. The Balaban J connectivity index is 2.02. The Labute approximate surface area is 141 Å². The highest BCUT2D eigenvalue weighted by Gasteiger charge is 2.16. The van der Waals surface area contributed by atoms with Gasteiger partial charge in [-0.3, -0.25) is 4.98 Å². The predicted molar refractivity (Wildman–Crippen MR) is 93.5 cm³/mol. The fourth-order valence-corrected chi connectivity index (χ4v) is 2.52. The van der Waals surface area contributed by atoms with Crippen LogP contribution < -0.4 is 14.8 Å². The standard InChI is InChI=1S/C19H19N3O2/c1-23-16-7-3-5-14(11-16)19(22-18-13-20-9-10-21-18)15-6-4-8-17(12-15)24-2/h3-13,19H,1-2H3,(H,21,22). The minimum Gasteiger partial charge on any atom is -0.497 e. The van der Waals surface area contributed by atoms with Crippen molar-refractivity contribution < 1.29 is 9.47 Å². The zero-order valence-corrected chi connectivity index (χ0v) is 13.6. The van der Waals surface area contributed by atoms with Crippen LogP contribution in [0.5, 0.6) is 11.5 Å². The van der Waals surface area contributed by atoms with E-state index in [0.29, 0.717) is 5.82 Å². The molecule has 3 rings (SSSR count). The normalized spacial score (nSPS) is 10.5. The van der Waals surface area contributed by atoms with Crippen molar-refractivity contribution in [2.45, 2.75) is 6.04 Å². The molecule has 1 heterocycles. The van der Waals surface area contributed by atoms with E-state index in [1.165, 1.54) is 0 Å². The maximum atomic E-state index is 5.36. The Kier molecular flexibility index (Phi) is 4.91. The Hall–Kier alpha value is -3.08. The summed E-state index contributed by atoms with van der Waals surface area (Å²) in [5.74, 6) is 2.32. The molecule has 0 spiro atoms. The molecule has 0 atom stereocenters. The van der Waals surface area contributed by atoms with Crippen LogP contribution in [0.1, 0.15) is 17.2 Å². The molecule has 3 aromatic rings. The van der Waals surface area contributed by atoms with E-state index >= 15 is 0 Å². The average Bonchev–Trinajstić information content (AvgIpc) is 2.67.